The molecule has 3 aromatic rings. The molecule has 0 aliphatic rings. The van der Waals surface area contributed by atoms with Crippen molar-refractivity contribution in [2.45, 2.75) is 30.8 Å². The predicted molar refractivity (Wildman–Crippen MR) is 95.3 cm³/mol. The molecule has 0 N–H and O–H groups in total. The number of nitrogens with zero attached hydrogens (tertiary/aromatic N) is 3. The fourth-order valence-electron chi connectivity index (χ4n) is 2.47. The quantitative estimate of drug-likeness (QED) is 0.496. The SMILES string of the molecule is COC(=O)[C@@H](C)Sc1nnc(-c2ccoc2C)n1Cc1ccccc1. The Hall–Kier alpha value is -2.54. The lowest BCUT2D eigenvalue weighted by atomic mass is 10.2. The van der Waals surface area contributed by atoms with Crippen LogP contribution in [0.5, 0.6) is 0 Å². The standard InChI is InChI=1S/C18H19N3O3S/c1-12-15(9-10-24-12)16-19-20-18(25-13(2)17(22)23-3)21(16)11-14-7-5-4-6-8-14/h4-10,13H,11H2,1-3H3/t13-/m1/s1. The molecule has 0 fully saturated rings. The van der Waals surface area contributed by atoms with Gasteiger partial charge in [0.25, 0.3) is 0 Å². The summed E-state index contributed by atoms with van der Waals surface area (Å²) in [5.41, 5.74) is 2.01. The number of benzene rings is 1. The van der Waals surface area contributed by atoms with Gasteiger partial charge in [-0.3, -0.25) is 9.36 Å². The van der Waals surface area contributed by atoms with E-state index in [1.807, 2.05) is 47.9 Å². The summed E-state index contributed by atoms with van der Waals surface area (Å²) in [5, 5.41) is 8.92. The Balaban J connectivity index is 1.99. The lowest BCUT2D eigenvalue weighted by Gasteiger charge is -2.12. The maximum absolute atomic E-state index is 11.8. The number of carbonyl (C=O) groups excluding carboxylic acids is 1. The van der Waals surface area contributed by atoms with Crippen molar-refractivity contribution in [1.82, 2.24) is 14.8 Å². The molecule has 130 valence electrons. The number of thioether (sulfide) groups is 1. The molecule has 0 saturated heterocycles. The first-order chi connectivity index (χ1) is 12.1. The molecular weight excluding hydrogens is 338 g/mol. The number of aromatic nitrogens is 3. The minimum atomic E-state index is -0.373. The minimum absolute atomic E-state index is 0.291. The summed E-state index contributed by atoms with van der Waals surface area (Å²) < 4.78 is 12.2. The van der Waals surface area contributed by atoms with Gasteiger partial charge in [-0.15, -0.1) is 10.2 Å². The molecule has 3 rings (SSSR count). The van der Waals surface area contributed by atoms with Crippen LogP contribution in [0.15, 0.2) is 52.2 Å². The maximum atomic E-state index is 11.8. The van der Waals surface area contributed by atoms with Gasteiger partial charge in [0.15, 0.2) is 11.0 Å². The van der Waals surface area contributed by atoms with E-state index in [1.165, 1.54) is 18.9 Å². The third kappa shape index (κ3) is 3.76. The molecule has 1 aromatic carbocycles. The van der Waals surface area contributed by atoms with Crippen molar-refractivity contribution in [3.63, 3.8) is 0 Å². The summed E-state index contributed by atoms with van der Waals surface area (Å²) in [4.78, 5) is 11.8. The van der Waals surface area contributed by atoms with Crippen LogP contribution >= 0.6 is 11.8 Å². The number of rotatable bonds is 6. The van der Waals surface area contributed by atoms with E-state index < -0.39 is 0 Å². The molecule has 0 saturated carbocycles. The van der Waals surface area contributed by atoms with E-state index in [1.54, 1.807) is 13.2 Å². The van der Waals surface area contributed by atoms with Crippen LogP contribution in [-0.2, 0) is 16.1 Å². The fourth-order valence-corrected chi connectivity index (χ4v) is 3.35. The van der Waals surface area contributed by atoms with Crippen molar-refractivity contribution in [2.75, 3.05) is 7.11 Å². The second kappa shape index (κ2) is 7.57. The molecule has 0 amide bonds. The average molecular weight is 357 g/mol. The molecule has 2 aromatic heterocycles. The molecule has 6 nitrogen and oxygen atoms in total. The van der Waals surface area contributed by atoms with Gasteiger partial charge in [0.2, 0.25) is 0 Å². The van der Waals surface area contributed by atoms with Crippen molar-refractivity contribution in [3.8, 4) is 11.4 Å². The van der Waals surface area contributed by atoms with E-state index in [-0.39, 0.29) is 11.2 Å². The zero-order chi connectivity index (χ0) is 17.8. The number of hydrogen-bond acceptors (Lipinski definition) is 6. The lowest BCUT2D eigenvalue weighted by molar-refractivity contribution is -0.139. The van der Waals surface area contributed by atoms with Gasteiger partial charge < -0.3 is 9.15 Å². The molecule has 25 heavy (non-hydrogen) atoms. The first kappa shape index (κ1) is 17.3. The normalized spacial score (nSPS) is 12.1. The van der Waals surface area contributed by atoms with E-state index in [2.05, 4.69) is 10.2 Å². The number of ether oxygens (including phenoxy) is 1. The summed E-state index contributed by atoms with van der Waals surface area (Å²) in [7, 11) is 1.38. The number of carbonyl (C=O) groups is 1. The van der Waals surface area contributed by atoms with Gasteiger partial charge in [-0.2, -0.15) is 0 Å². The predicted octanol–water partition coefficient (Wildman–Crippen LogP) is 3.55. The van der Waals surface area contributed by atoms with Crippen molar-refractivity contribution < 1.29 is 13.9 Å². The second-order valence-electron chi connectivity index (χ2n) is 5.55. The molecule has 0 aliphatic carbocycles. The van der Waals surface area contributed by atoms with Gasteiger partial charge in [0.1, 0.15) is 11.0 Å². The highest BCUT2D eigenvalue weighted by molar-refractivity contribution is 8.00. The zero-order valence-electron chi connectivity index (χ0n) is 14.3. The summed E-state index contributed by atoms with van der Waals surface area (Å²) in [6, 6.07) is 11.9. The average Bonchev–Trinajstić information content (AvgIpc) is 3.21. The highest BCUT2D eigenvalue weighted by Crippen LogP contribution is 2.30. The van der Waals surface area contributed by atoms with Crippen LogP contribution in [0.2, 0.25) is 0 Å². The highest BCUT2D eigenvalue weighted by atomic mass is 32.2. The van der Waals surface area contributed by atoms with Gasteiger partial charge in [-0.05, 0) is 25.5 Å². The van der Waals surface area contributed by atoms with E-state index in [0.717, 1.165) is 22.7 Å². The van der Waals surface area contributed by atoms with Crippen molar-refractivity contribution in [3.05, 3.63) is 54.0 Å². The fraction of sp³-hybridized carbons (Fsp3) is 0.278. The van der Waals surface area contributed by atoms with Crippen LogP contribution in [0.4, 0.5) is 0 Å². The molecule has 0 radical (unpaired) electrons. The first-order valence-electron chi connectivity index (χ1n) is 7.86. The Labute approximate surface area is 150 Å². The summed E-state index contributed by atoms with van der Waals surface area (Å²) in [6.07, 6.45) is 1.64. The Kier molecular flexibility index (Phi) is 5.23. The summed E-state index contributed by atoms with van der Waals surface area (Å²) in [6.45, 7) is 4.28. The minimum Gasteiger partial charge on any atom is -0.469 e. The van der Waals surface area contributed by atoms with Gasteiger partial charge in [-0.1, -0.05) is 42.1 Å². The summed E-state index contributed by atoms with van der Waals surface area (Å²) in [5.74, 6) is 1.20. The number of furan rings is 1. The van der Waals surface area contributed by atoms with Crippen LogP contribution < -0.4 is 0 Å². The molecule has 0 unspecified atom stereocenters. The Bertz CT molecular complexity index is 858. The number of methoxy groups -OCH3 is 1. The molecule has 0 spiro atoms. The van der Waals surface area contributed by atoms with Crippen molar-refractivity contribution in [2.24, 2.45) is 0 Å². The topological polar surface area (TPSA) is 70.2 Å². The summed E-state index contributed by atoms with van der Waals surface area (Å²) >= 11 is 1.33. The Morgan fingerprint density at radius 2 is 2.04 bits per heavy atom. The van der Waals surface area contributed by atoms with Crippen LogP contribution in [0.25, 0.3) is 11.4 Å². The lowest BCUT2D eigenvalue weighted by Crippen LogP contribution is -2.16. The van der Waals surface area contributed by atoms with E-state index in [9.17, 15) is 4.79 Å². The van der Waals surface area contributed by atoms with Gasteiger partial charge in [-0.25, -0.2) is 0 Å². The maximum Gasteiger partial charge on any atom is 0.318 e. The number of aryl methyl sites for hydroxylation is 1. The Morgan fingerprint density at radius 3 is 2.68 bits per heavy atom. The van der Waals surface area contributed by atoms with Crippen LogP contribution in [-0.4, -0.2) is 33.1 Å². The Morgan fingerprint density at radius 1 is 1.28 bits per heavy atom. The molecule has 7 heteroatoms. The number of esters is 1. The van der Waals surface area contributed by atoms with Gasteiger partial charge in [0, 0.05) is 0 Å². The van der Waals surface area contributed by atoms with Gasteiger partial charge in [0.05, 0.1) is 25.5 Å². The molecular formula is C18H19N3O3S. The van der Waals surface area contributed by atoms with Crippen LogP contribution in [0.1, 0.15) is 18.2 Å². The van der Waals surface area contributed by atoms with E-state index >= 15 is 0 Å². The molecule has 2 heterocycles. The third-order valence-electron chi connectivity index (χ3n) is 3.82. The van der Waals surface area contributed by atoms with Crippen molar-refractivity contribution >= 4 is 17.7 Å². The smallest absolute Gasteiger partial charge is 0.318 e. The van der Waals surface area contributed by atoms with Crippen LogP contribution in [0.3, 0.4) is 0 Å². The zero-order valence-corrected chi connectivity index (χ0v) is 15.1. The molecule has 1 atom stereocenters. The van der Waals surface area contributed by atoms with Gasteiger partial charge >= 0.3 is 5.97 Å². The number of hydrogen-bond donors (Lipinski definition) is 0. The highest BCUT2D eigenvalue weighted by Gasteiger charge is 2.22. The molecule has 0 aliphatic heterocycles. The monoisotopic (exact) mass is 357 g/mol. The first-order valence-corrected chi connectivity index (χ1v) is 8.74. The van der Waals surface area contributed by atoms with Crippen molar-refractivity contribution in [1.29, 1.82) is 0 Å². The van der Waals surface area contributed by atoms with Crippen LogP contribution in [0, 0.1) is 6.92 Å². The second-order valence-corrected chi connectivity index (χ2v) is 6.86. The molecule has 0 bridgehead atoms. The third-order valence-corrected chi connectivity index (χ3v) is 4.87. The van der Waals surface area contributed by atoms with E-state index in [4.69, 9.17) is 9.15 Å². The largest absolute Gasteiger partial charge is 0.469 e. The van der Waals surface area contributed by atoms with E-state index in [0.29, 0.717) is 11.7 Å².